The Balaban J connectivity index is 2.53. The van der Waals surface area contributed by atoms with Crippen LogP contribution in [0.25, 0.3) is 11.1 Å². The van der Waals surface area contributed by atoms with Gasteiger partial charge in [-0.15, -0.1) is 0 Å². The summed E-state index contributed by atoms with van der Waals surface area (Å²) in [4.78, 5) is 0. The van der Waals surface area contributed by atoms with Crippen LogP contribution >= 0.6 is 11.6 Å². The van der Waals surface area contributed by atoms with Gasteiger partial charge in [-0.2, -0.15) is 0 Å². The molecular weight excluding hydrogens is 220 g/mol. The number of benzene rings is 2. The van der Waals surface area contributed by atoms with Crippen molar-refractivity contribution in [3.05, 3.63) is 60.0 Å². The van der Waals surface area contributed by atoms with Crippen molar-refractivity contribution in [2.45, 2.75) is 0 Å². The molecule has 0 spiro atoms. The molecule has 0 heterocycles. The largest absolute Gasteiger partial charge is 0.497 e. The van der Waals surface area contributed by atoms with Gasteiger partial charge in [-0.1, -0.05) is 35.9 Å². The average Bonchev–Trinajstić information content (AvgIpc) is 2.30. The first-order valence-electron chi connectivity index (χ1n) is 4.97. The minimum atomic E-state index is 0.676. The molecule has 2 aromatic rings. The van der Waals surface area contributed by atoms with Gasteiger partial charge in [0.15, 0.2) is 0 Å². The Bertz CT molecular complexity index is 506. The van der Waals surface area contributed by atoms with E-state index in [1.165, 1.54) is 0 Å². The summed E-state index contributed by atoms with van der Waals surface area (Å²) in [6, 6.07) is 13.6. The topological polar surface area (TPSA) is 9.23 Å². The molecule has 16 heavy (non-hydrogen) atoms. The molecule has 0 N–H and O–H groups in total. The fourth-order valence-corrected chi connectivity index (χ4v) is 1.90. The van der Waals surface area contributed by atoms with Gasteiger partial charge in [0.2, 0.25) is 0 Å². The zero-order valence-corrected chi connectivity index (χ0v) is 9.79. The normalized spacial score (nSPS) is 10.2. The smallest absolute Gasteiger partial charge is 0.120 e. The molecule has 0 atom stereocenters. The fraction of sp³-hybridized carbons (Fsp3) is 0.0714. The van der Waals surface area contributed by atoms with E-state index in [-0.39, 0.29) is 0 Å². The highest BCUT2D eigenvalue weighted by Gasteiger charge is 2.06. The van der Waals surface area contributed by atoms with Crippen molar-refractivity contribution in [2.75, 3.05) is 7.11 Å². The molecule has 0 aliphatic heterocycles. The molecule has 81 valence electrons. The molecule has 1 nitrogen and oxygen atoms in total. The first-order valence-corrected chi connectivity index (χ1v) is 5.35. The van der Waals surface area contributed by atoms with Gasteiger partial charge in [0.25, 0.3) is 0 Å². The van der Waals surface area contributed by atoms with Crippen molar-refractivity contribution in [2.24, 2.45) is 0 Å². The summed E-state index contributed by atoms with van der Waals surface area (Å²) < 4.78 is 5.12. The highest BCUT2D eigenvalue weighted by Crippen LogP contribution is 2.32. The lowest BCUT2D eigenvalue weighted by atomic mass is 10.0. The van der Waals surface area contributed by atoms with Crippen LogP contribution in [0.5, 0.6) is 5.75 Å². The van der Waals surface area contributed by atoms with Gasteiger partial charge < -0.3 is 4.74 Å². The number of halogens is 1. The van der Waals surface area contributed by atoms with Crippen LogP contribution < -0.4 is 4.74 Å². The van der Waals surface area contributed by atoms with E-state index in [0.29, 0.717) is 5.02 Å². The van der Waals surface area contributed by atoms with E-state index < -0.39 is 0 Å². The third-order valence-corrected chi connectivity index (χ3v) is 2.80. The first kappa shape index (κ1) is 11.0. The average molecular weight is 232 g/mol. The molecule has 2 rings (SSSR count). The van der Waals surface area contributed by atoms with E-state index in [0.717, 1.165) is 22.4 Å². The highest BCUT2D eigenvalue weighted by molar-refractivity contribution is 6.33. The van der Waals surface area contributed by atoms with E-state index in [1.54, 1.807) is 7.11 Å². The second kappa shape index (κ2) is 4.58. The molecule has 0 saturated heterocycles. The van der Waals surface area contributed by atoms with Crippen LogP contribution in [0, 0.1) is 6.92 Å². The second-order valence-electron chi connectivity index (χ2n) is 3.50. The predicted octanol–water partition coefficient (Wildman–Crippen LogP) is 4.20. The van der Waals surface area contributed by atoms with E-state index in [1.807, 2.05) is 42.5 Å². The molecule has 2 aromatic carbocycles. The van der Waals surface area contributed by atoms with Crippen LogP contribution in [0.3, 0.4) is 0 Å². The van der Waals surface area contributed by atoms with Crippen molar-refractivity contribution in [3.8, 4) is 16.9 Å². The number of methoxy groups -OCH3 is 1. The van der Waals surface area contributed by atoms with E-state index in [2.05, 4.69) is 6.92 Å². The third kappa shape index (κ3) is 2.05. The summed E-state index contributed by atoms with van der Waals surface area (Å²) >= 11 is 6.21. The molecule has 0 fully saturated rings. The van der Waals surface area contributed by atoms with Crippen molar-refractivity contribution < 1.29 is 4.74 Å². The number of hydrogen-bond donors (Lipinski definition) is 0. The van der Waals surface area contributed by atoms with E-state index in [4.69, 9.17) is 16.3 Å². The van der Waals surface area contributed by atoms with Gasteiger partial charge in [0, 0.05) is 5.56 Å². The maximum Gasteiger partial charge on any atom is 0.120 e. The van der Waals surface area contributed by atoms with Crippen LogP contribution in [0.4, 0.5) is 0 Å². The second-order valence-corrected chi connectivity index (χ2v) is 3.91. The molecule has 0 saturated carbocycles. The van der Waals surface area contributed by atoms with Crippen molar-refractivity contribution >= 4 is 11.6 Å². The molecule has 2 heteroatoms. The predicted molar refractivity (Wildman–Crippen MR) is 67.9 cm³/mol. The van der Waals surface area contributed by atoms with E-state index >= 15 is 0 Å². The van der Waals surface area contributed by atoms with Gasteiger partial charge in [0.05, 0.1) is 12.1 Å². The molecule has 0 aliphatic carbocycles. The molecule has 0 bridgehead atoms. The first-order chi connectivity index (χ1) is 7.72. The van der Waals surface area contributed by atoms with Crippen LogP contribution in [-0.2, 0) is 0 Å². The summed E-state index contributed by atoms with van der Waals surface area (Å²) in [5.74, 6) is 0.760. The quantitative estimate of drug-likeness (QED) is 0.753. The Kier molecular flexibility index (Phi) is 3.16. The van der Waals surface area contributed by atoms with Gasteiger partial charge in [-0.3, -0.25) is 0 Å². The van der Waals surface area contributed by atoms with E-state index in [9.17, 15) is 0 Å². The fourth-order valence-electron chi connectivity index (χ4n) is 1.62. The molecule has 0 aliphatic rings. The summed E-state index contributed by atoms with van der Waals surface area (Å²) in [6.45, 7) is 3.99. The summed E-state index contributed by atoms with van der Waals surface area (Å²) in [7, 11) is 1.63. The summed E-state index contributed by atoms with van der Waals surface area (Å²) in [5, 5.41) is 0.676. The Morgan fingerprint density at radius 2 is 1.81 bits per heavy atom. The zero-order chi connectivity index (χ0) is 11.5. The number of rotatable bonds is 2. The standard InChI is InChI=1S/C14H12ClO/c1-10-5-3-4-6-12(10)13-8-7-11(16-2)9-14(13)15/h3-9H,1H2,2H3. The summed E-state index contributed by atoms with van der Waals surface area (Å²) in [6.07, 6.45) is 0. The van der Waals surface area contributed by atoms with Gasteiger partial charge >= 0.3 is 0 Å². The Morgan fingerprint density at radius 3 is 2.44 bits per heavy atom. The summed E-state index contributed by atoms with van der Waals surface area (Å²) in [5.41, 5.74) is 3.00. The van der Waals surface area contributed by atoms with Crippen molar-refractivity contribution in [1.29, 1.82) is 0 Å². The lowest BCUT2D eigenvalue weighted by Gasteiger charge is -2.09. The molecular formula is C14H12ClO. The monoisotopic (exact) mass is 231 g/mol. The number of hydrogen-bond acceptors (Lipinski definition) is 1. The highest BCUT2D eigenvalue weighted by atomic mass is 35.5. The van der Waals surface area contributed by atoms with Gasteiger partial charge in [-0.25, -0.2) is 0 Å². The van der Waals surface area contributed by atoms with Gasteiger partial charge in [-0.05, 0) is 36.2 Å². The molecule has 0 aromatic heterocycles. The maximum absolute atomic E-state index is 6.21. The third-order valence-electron chi connectivity index (χ3n) is 2.48. The van der Waals surface area contributed by atoms with Crippen molar-refractivity contribution in [1.82, 2.24) is 0 Å². The minimum Gasteiger partial charge on any atom is -0.497 e. The maximum atomic E-state index is 6.21. The van der Waals surface area contributed by atoms with Crippen LogP contribution in [0.15, 0.2) is 42.5 Å². The minimum absolute atomic E-state index is 0.676. The van der Waals surface area contributed by atoms with Crippen LogP contribution in [0.1, 0.15) is 5.56 Å². The SMILES string of the molecule is [CH2]c1ccccc1-c1ccc(OC)cc1Cl. The number of ether oxygens (including phenoxy) is 1. The lowest BCUT2D eigenvalue weighted by Crippen LogP contribution is -1.86. The molecule has 1 radical (unpaired) electrons. The molecule has 0 unspecified atom stereocenters. The van der Waals surface area contributed by atoms with Crippen LogP contribution in [-0.4, -0.2) is 7.11 Å². The Morgan fingerprint density at radius 1 is 1.06 bits per heavy atom. The lowest BCUT2D eigenvalue weighted by molar-refractivity contribution is 0.415. The molecule has 0 amide bonds. The van der Waals surface area contributed by atoms with Gasteiger partial charge in [0.1, 0.15) is 5.75 Å². The Labute approximate surface area is 101 Å². The van der Waals surface area contributed by atoms with Crippen LogP contribution in [0.2, 0.25) is 5.02 Å². The zero-order valence-electron chi connectivity index (χ0n) is 9.03. The Hall–Kier alpha value is -1.47. The van der Waals surface area contributed by atoms with Crippen molar-refractivity contribution in [3.63, 3.8) is 0 Å².